The molecule has 50 heavy (non-hydrogen) atoms. The summed E-state index contributed by atoms with van der Waals surface area (Å²) in [6.45, 7) is 9.48. The van der Waals surface area contributed by atoms with Crippen molar-refractivity contribution in [3.8, 4) is 16.9 Å². The summed E-state index contributed by atoms with van der Waals surface area (Å²) in [4.78, 5) is 29.0. The highest BCUT2D eigenvalue weighted by Crippen LogP contribution is 2.43. The maximum atomic E-state index is 15.0. The molecular formula is C39H39Cl2N5O4. The Balaban J connectivity index is 1.37. The normalized spacial score (nSPS) is 13.4. The van der Waals surface area contributed by atoms with Crippen LogP contribution in [0.15, 0.2) is 48.7 Å². The van der Waals surface area contributed by atoms with Gasteiger partial charge in [0.15, 0.2) is 0 Å². The van der Waals surface area contributed by atoms with Gasteiger partial charge in [-0.2, -0.15) is 5.10 Å². The van der Waals surface area contributed by atoms with Gasteiger partial charge in [0.2, 0.25) is 0 Å². The van der Waals surface area contributed by atoms with Crippen molar-refractivity contribution in [2.75, 3.05) is 18.1 Å². The lowest BCUT2D eigenvalue weighted by Crippen LogP contribution is -2.32. The van der Waals surface area contributed by atoms with Crippen LogP contribution in [0.2, 0.25) is 10.0 Å². The zero-order valence-electron chi connectivity index (χ0n) is 29.0. The Bertz CT molecular complexity index is 2340. The number of aromatic nitrogens is 4. The van der Waals surface area contributed by atoms with Gasteiger partial charge in [-0.15, -0.1) is 0 Å². The fourth-order valence-electron chi connectivity index (χ4n) is 7.67. The highest BCUT2D eigenvalue weighted by molar-refractivity contribution is 6.35. The second kappa shape index (κ2) is 12.9. The first kappa shape index (κ1) is 33.8. The molecule has 0 unspecified atom stereocenters. The Morgan fingerprint density at radius 3 is 2.36 bits per heavy atom. The Morgan fingerprint density at radius 1 is 0.940 bits per heavy atom. The quantitative estimate of drug-likeness (QED) is 0.159. The van der Waals surface area contributed by atoms with E-state index in [-0.39, 0.29) is 11.5 Å². The molecule has 4 heterocycles. The van der Waals surface area contributed by atoms with Crippen LogP contribution in [-0.4, -0.2) is 49.0 Å². The van der Waals surface area contributed by atoms with E-state index in [9.17, 15) is 9.90 Å². The first-order valence-electron chi connectivity index (χ1n) is 16.8. The Morgan fingerprint density at radius 2 is 1.68 bits per heavy atom. The van der Waals surface area contributed by atoms with Gasteiger partial charge in [0.1, 0.15) is 11.4 Å². The zero-order valence-corrected chi connectivity index (χ0v) is 30.5. The third kappa shape index (κ3) is 5.43. The van der Waals surface area contributed by atoms with E-state index in [1.165, 1.54) is 0 Å². The number of nitrogens with zero attached hydrogens (tertiary/aromatic N) is 5. The number of aromatic carboxylic acids is 1. The van der Waals surface area contributed by atoms with Crippen molar-refractivity contribution in [2.24, 2.45) is 14.1 Å². The van der Waals surface area contributed by atoms with E-state index in [1.807, 2.05) is 87.9 Å². The second-order valence-electron chi connectivity index (χ2n) is 13.2. The van der Waals surface area contributed by atoms with Crippen LogP contribution in [0, 0.1) is 27.7 Å². The summed E-state index contributed by atoms with van der Waals surface area (Å²) >= 11 is 13.5. The average molecular weight is 713 g/mol. The van der Waals surface area contributed by atoms with Crippen LogP contribution in [-0.2, 0) is 27.1 Å². The topological polar surface area (TPSA) is 94.5 Å². The van der Waals surface area contributed by atoms with Gasteiger partial charge in [-0.25, -0.2) is 4.79 Å². The minimum absolute atomic E-state index is 0.131. The average Bonchev–Trinajstić information content (AvgIpc) is 3.65. The summed E-state index contributed by atoms with van der Waals surface area (Å²) in [6.07, 6.45) is 3.78. The monoisotopic (exact) mass is 711 g/mol. The SMILES string of the molecule is Cc1cc(OCCCc2c3n(c4c(-c5c(C)nn(C)c5C)c(Cl)ccc24)CCCN(c2ccc(C(=O)O)c4c2ccn4C)C3=O)cc(C)c1Cl. The van der Waals surface area contributed by atoms with Gasteiger partial charge in [-0.3, -0.25) is 9.48 Å². The van der Waals surface area contributed by atoms with E-state index in [0.717, 1.165) is 66.3 Å². The molecule has 1 aliphatic heterocycles. The predicted molar refractivity (Wildman–Crippen MR) is 200 cm³/mol. The largest absolute Gasteiger partial charge is 0.494 e. The molecule has 3 aromatic heterocycles. The number of carboxylic acid groups (broad SMARTS) is 1. The summed E-state index contributed by atoms with van der Waals surface area (Å²) < 4.78 is 12.0. The maximum absolute atomic E-state index is 15.0. The van der Waals surface area contributed by atoms with Gasteiger partial charge in [0.25, 0.3) is 5.91 Å². The van der Waals surface area contributed by atoms with Gasteiger partial charge in [0, 0.05) is 66.0 Å². The lowest BCUT2D eigenvalue weighted by molar-refractivity contribution is 0.0698. The number of carbonyl (C=O) groups excluding carboxylic acids is 1. The van der Waals surface area contributed by atoms with Crippen LogP contribution in [0.1, 0.15) is 61.8 Å². The number of ether oxygens (including phenoxy) is 1. The minimum atomic E-state index is -1.01. The molecule has 1 amide bonds. The third-order valence-electron chi connectivity index (χ3n) is 10.0. The van der Waals surface area contributed by atoms with E-state index in [4.69, 9.17) is 33.0 Å². The van der Waals surface area contributed by atoms with Crippen molar-refractivity contribution in [3.63, 3.8) is 0 Å². The number of anilines is 1. The van der Waals surface area contributed by atoms with Gasteiger partial charge < -0.3 is 23.9 Å². The van der Waals surface area contributed by atoms with E-state index in [1.54, 1.807) is 16.7 Å². The molecular weight excluding hydrogens is 673 g/mol. The highest BCUT2D eigenvalue weighted by Gasteiger charge is 2.33. The number of carbonyl (C=O) groups is 2. The summed E-state index contributed by atoms with van der Waals surface area (Å²) in [5, 5.41) is 17.7. The van der Waals surface area contributed by atoms with Crippen molar-refractivity contribution in [2.45, 2.75) is 53.5 Å². The molecule has 1 N–H and O–H groups in total. The molecule has 0 aliphatic carbocycles. The van der Waals surface area contributed by atoms with Gasteiger partial charge >= 0.3 is 5.97 Å². The zero-order chi connectivity index (χ0) is 35.6. The highest BCUT2D eigenvalue weighted by atomic mass is 35.5. The molecule has 1 aliphatic rings. The van der Waals surface area contributed by atoms with Crippen molar-refractivity contribution >= 4 is 62.6 Å². The Labute approximate surface area is 300 Å². The summed E-state index contributed by atoms with van der Waals surface area (Å²) in [7, 11) is 3.75. The lowest BCUT2D eigenvalue weighted by atomic mass is 9.98. The molecule has 9 nitrogen and oxygen atoms in total. The number of carboxylic acids is 1. The molecule has 3 aromatic carbocycles. The fourth-order valence-corrected chi connectivity index (χ4v) is 8.03. The maximum Gasteiger partial charge on any atom is 0.337 e. The molecule has 0 bridgehead atoms. The van der Waals surface area contributed by atoms with Crippen LogP contribution < -0.4 is 9.64 Å². The number of fused-ring (bicyclic) bond motifs is 4. The third-order valence-corrected chi connectivity index (χ3v) is 10.9. The first-order chi connectivity index (χ1) is 23.9. The van der Waals surface area contributed by atoms with Crippen molar-refractivity contribution in [3.05, 3.63) is 98.0 Å². The summed E-state index contributed by atoms with van der Waals surface area (Å²) in [5.74, 6) is -0.376. The standard InChI is InChI=1S/C39H39Cl2N5O4/c1-21-19-25(20-22(2)34(21)41)50-18-7-9-26-27-10-12-30(40)33(32-23(3)42-44(6)24(32)4)36(27)46-16-8-15-45(38(47)37(26)46)31-13-11-29(39(48)49)35-28(31)14-17-43(35)5/h10-14,17,19-20H,7-9,15-16,18H2,1-6H3,(H,48,49). The van der Waals surface area contributed by atoms with Crippen LogP contribution >= 0.6 is 23.2 Å². The first-order valence-corrected chi connectivity index (χ1v) is 17.5. The second-order valence-corrected chi connectivity index (χ2v) is 14.0. The van der Waals surface area contributed by atoms with Crippen LogP contribution in [0.25, 0.3) is 32.9 Å². The van der Waals surface area contributed by atoms with E-state index in [2.05, 4.69) is 4.57 Å². The molecule has 0 spiro atoms. The molecule has 0 fully saturated rings. The molecule has 0 atom stereocenters. The van der Waals surface area contributed by atoms with E-state index < -0.39 is 5.97 Å². The Kier molecular flexibility index (Phi) is 8.68. The number of hydrogen-bond acceptors (Lipinski definition) is 4. The number of amides is 1. The molecule has 0 saturated carbocycles. The van der Waals surface area contributed by atoms with Crippen molar-refractivity contribution in [1.29, 1.82) is 0 Å². The Hall–Kier alpha value is -4.73. The summed E-state index contributed by atoms with van der Waals surface area (Å²) in [5.41, 5.74) is 9.56. The predicted octanol–water partition coefficient (Wildman–Crippen LogP) is 8.83. The number of halogens is 2. The smallest absolute Gasteiger partial charge is 0.337 e. The van der Waals surface area contributed by atoms with E-state index in [0.29, 0.717) is 60.9 Å². The van der Waals surface area contributed by atoms with Crippen LogP contribution in [0.4, 0.5) is 5.69 Å². The van der Waals surface area contributed by atoms with Crippen LogP contribution in [0.3, 0.4) is 0 Å². The molecule has 0 radical (unpaired) electrons. The van der Waals surface area contributed by atoms with Gasteiger partial charge in [-0.05, 0) is 100 Å². The minimum Gasteiger partial charge on any atom is -0.494 e. The number of aryl methyl sites for hydroxylation is 7. The van der Waals surface area contributed by atoms with Crippen molar-refractivity contribution in [1.82, 2.24) is 18.9 Å². The molecule has 11 heteroatoms. The number of hydrogen-bond donors (Lipinski definition) is 1. The number of rotatable bonds is 8. The number of benzene rings is 3. The molecule has 6 aromatic rings. The summed E-state index contributed by atoms with van der Waals surface area (Å²) in [6, 6.07) is 13.1. The van der Waals surface area contributed by atoms with Gasteiger partial charge in [-0.1, -0.05) is 29.3 Å². The molecule has 0 saturated heterocycles. The molecule has 258 valence electrons. The van der Waals surface area contributed by atoms with Gasteiger partial charge in [0.05, 0.1) is 39.6 Å². The van der Waals surface area contributed by atoms with E-state index >= 15 is 4.79 Å². The lowest BCUT2D eigenvalue weighted by Gasteiger charge is -2.23. The molecule has 7 rings (SSSR count). The van der Waals surface area contributed by atoms with Crippen LogP contribution in [0.5, 0.6) is 5.75 Å². The fraction of sp³-hybridized carbons (Fsp3) is 0.308. The van der Waals surface area contributed by atoms with Crippen molar-refractivity contribution < 1.29 is 19.4 Å².